The maximum atomic E-state index is 13.6. The smallest absolute Gasteiger partial charge is 0.247 e. The second-order valence-electron chi connectivity index (χ2n) is 10.3. The lowest BCUT2D eigenvalue weighted by Crippen LogP contribution is -2.60. The number of anilines is 1. The van der Waals surface area contributed by atoms with E-state index in [1.165, 1.54) is 6.07 Å². The fourth-order valence-corrected chi connectivity index (χ4v) is 4.78. The fourth-order valence-electron chi connectivity index (χ4n) is 4.78. The predicted octanol–water partition coefficient (Wildman–Crippen LogP) is -1.81. The van der Waals surface area contributed by atoms with Gasteiger partial charge in [-0.1, -0.05) is 30.3 Å². The number of hydrogen-bond donors (Lipinski definition) is 8. The van der Waals surface area contributed by atoms with Crippen LogP contribution in [0, 0.1) is 5.41 Å². The van der Waals surface area contributed by atoms with Gasteiger partial charge >= 0.3 is 0 Å². The number of likely N-dealkylation sites (N-methyl/N-ethyl adjacent to an activating group) is 1. The van der Waals surface area contributed by atoms with Crippen molar-refractivity contribution < 1.29 is 39.5 Å². The van der Waals surface area contributed by atoms with Crippen molar-refractivity contribution in [1.82, 2.24) is 15.1 Å². The number of ether oxygens (including phenoxy) is 2. The van der Waals surface area contributed by atoms with E-state index in [-0.39, 0.29) is 24.0 Å². The monoisotopic (exact) mass is 586 g/mol. The highest BCUT2D eigenvalue weighted by atomic mass is 16.7. The molecular formula is C28H38N6O8. The molecule has 0 aliphatic carbocycles. The van der Waals surface area contributed by atoms with Crippen molar-refractivity contribution in [3.05, 3.63) is 59.7 Å². The SMILES string of the molecule is CN1CCN(C(=O)CNC(=O)[C@@H](Nc2cccc(C(=N)N)c2)c2ccccc2O[C@@H]2O[C@H](CO)[C@@H](O)[C@H](O)[C@H]2O)CC1. The van der Waals surface area contributed by atoms with Crippen molar-refractivity contribution in [3.63, 3.8) is 0 Å². The molecule has 2 fully saturated rings. The van der Waals surface area contributed by atoms with Crippen LogP contribution in [0.4, 0.5) is 5.69 Å². The number of rotatable bonds is 10. The molecule has 0 bridgehead atoms. The zero-order valence-electron chi connectivity index (χ0n) is 23.2. The van der Waals surface area contributed by atoms with Crippen molar-refractivity contribution in [2.24, 2.45) is 5.73 Å². The Morgan fingerprint density at radius 1 is 1.07 bits per heavy atom. The lowest BCUT2D eigenvalue weighted by molar-refractivity contribution is -0.277. The van der Waals surface area contributed by atoms with Crippen LogP contribution in [0.2, 0.25) is 0 Å². The summed E-state index contributed by atoms with van der Waals surface area (Å²) >= 11 is 0. The van der Waals surface area contributed by atoms with Crippen LogP contribution in [0.1, 0.15) is 17.2 Å². The van der Waals surface area contributed by atoms with Crippen LogP contribution in [0.15, 0.2) is 48.5 Å². The van der Waals surface area contributed by atoms with E-state index in [9.17, 15) is 30.0 Å². The van der Waals surface area contributed by atoms with Gasteiger partial charge in [0.25, 0.3) is 0 Å². The Balaban J connectivity index is 1.59. The highest BCUT2D eigenvalue weighted by Gasteiger charge is 2.45. The third-order valence-corrected chi connectivity index (χ3v) is 7.34. The highest BCUT2D eigenvalue weighted by Crippen LogP contribution is 2.32. The van der Waals surface area contributed by atoms with Crippen molar-refractivity contribution in [1.29, 1.82) is 5.41 Å². The van der Waals surface area contributed by atoms with Crippen LogP contribution >= 0.6 is 0 Å². The van der Waals surface area contributed by atoms with Crippen molar-refractivity contribution in [2.45, 2.75) is 36.7 Å². The Morgan fingerprint density at radius 2 is 1.79 bits per heavy atom. The molecule has 6 atom stereocenters. The fraction of sp³-hybridized carbons (Fsp3) is 0.464. The number of amidine groups is 1. The largest absolute Gasteiger partial charge is 0.462 e. The molecule has 2 aromatic carbocycles. The van der Waals surface area contributed by atoms with Crippen LogP contribution in [-0.4, -0.2) is 125 Å². The summed E-state index contributed by atoms with van der Waals surface area (Å²) in [5.74, 6) is -0.846. The van der Waals surface area contributed by atoms with E-state index in [2.05, 4.69) is 15.5 Å². The normalized spacial score (nSPS) is 25.4. The molecule has 0 spiro atoms. The number of piperazine rings is 1. The summed E-state index contributed by atoms with van der Waals surface area (Å²) in [6, 6.07) is 11.9. The van der Waals surface area contributed by atoms with Crippen LogP contribution in [0.25, 0.3) is 0 Å². The van der Waals surface area contributed by atoms with Crippen LogP contribution in [0.3, 0.4) is 0 Å². The molecule has 2 aliphatic heterocycles. The number of nitrogens with one attached hydrogen (secondary N) is 3. The molecule has 14 nitrogen and oxygen atoms in total. The van der Waals surface area contributed by atoms with Gasteiger partial charge in [0.1, 0.15) is 42.0 Å². The molecule has 2 aromatic rings. The molecular weight excluding hydrogens is 548 g/mol. The molecule has 4 rings (SSSR count). The summed E-state index contributed by atoms with van der Waals surface area (Å²) < 4.78 is 11.4. The van der Waals surface area contributed by atoms with Gasteiger partial charge in [-0.3, -0.25) is 15.0 Å². The molecule has 0 saturated carbocycles. The molecule has 0 aromatic heterocycles. The number of nitrogens with two attached hydrogens (primary N) is 1. The van der Waals surface area contributed by atoms with E-state index in [0.717, 1.165) is 13.1 Å². The van der Waals surface area contributed by atoms with Gasteiger partial charge in [0, 0.05) is 43.0 Å². The summed E-state index contributed by atoms with van der Waals surface area (Å²) in [5.41, 5.74) is 6.83. The number of nitrogens with zero attached hydrogens (tertiary/aromatic N) is 2. The van der Waals surface area contributed by atoms with E-state index >= 15 is 0 Å². The Labute approximate surface area is 243 Å². The Morgan fingerprint density at radius 3 is 2.48 bits per heavy atom. The van der Waals surface area contributed by atoms with Gasteiger partial charge in [-0.15, -0.1) is 0 Å². The second-order valence-corrected chi connectivity index (χ2v) is 10.3. The molecule has 0 unspecified atom stereocenters. The number of benzene rings is 2. The molecule has 42 heavy (non-hydrogen) atoms. The molecule has 14 heteroatoms. The predicted molar refractivity (Wildman–Crippen MR) is 152 cm³/mol. The van der Waals surface area contributed by atoms with E-state index < -0.39 is 49.3 Å². The summed E-state index contributed by atoms with van der Waals surface area (Å²) in [6.45, 7) is 1.72. The van der Waals surface area contributed by atoms with Crippen molar-refractivity contribution in [2.75, 3.05) is 51.7 Å². The highest BCUT2D eigenvalue weighted by molar-refractivity contribution is 5.96. The van der Waals surface area contributed by atoms with Crippen molar-refractivity contribution >= 4 is 23.3 Å². The van der Waals surface area contributed by atoms with E-state index in [4.69, 9.17) is 20.6 Å². The number of hydrogen-bond acceptors (Lipinski definition) is 11. The van der Waals surface area contributed by atoms with Crippen molar-refractivity contribution in [3.8, 4) is 5.75 Å². The first-order valence-corrected chi connectivity index (χ1v) is 13.6. The summed E-state index contributed by atoms with van der Waals surface area (Å²) in [4.78, 5) is 30.3. The lowest BCUT2D eigenvalue weighted by Gasteiger charge is -2.40. The average molecular weight is 587 g/mol. The topological polar surface area (TPSA) is 214 Å². The molecule has 2 aliphatic rings. The summed E-state index contributed by atoms with van der Waals surface area (Å²) in [6.07, 6.45) is -7.55. The third-order valence-electron chi connectivity index (χ3n) is 7.34. The van der Waals surface area contributed by atoms with Gasteiger partial charge in [-0.25, -0.2) is 0 Å². The Hall–Kier alpha value is -3.79. The number of amides is 2. The van der Waals surface area contributed by atoms with E-state index in [1.807, 2.05) is 7.05 Å². The summed E-state index contributed by atoms with van der Waals surface area (Å²) in [7, 11) is 1.98. The standard InChI is InChI=1S/C28H38N6O8/c1-33-9-11-34(12-10-33)21(36)14-31-27(40)22(32-17-6-4-5-16(13-17)26(29)30)18-7-2-3-8-19(18)41-28-25(39)24(38)23(37)20(15-35)42-28/h2-8,13,20,22-25,28,32,35,37-39H,9-12,14-15H2,1H3,(H3,29,30)(H,31,40)/t20-,22+,23-,24+,25-,28-/m1/s1. The molecule has 228 valence electrons. The Bertz CT molecular complexity index is 1250. The summed E-state index contributed by atoms with van der Waals surface area (Å²) in [5, 5.41) is 54.0. The molecule has 0 radical (unpaired) electrons. The average Bonchev–Trinajstić information content (AvgIpc) is 2.99. The van der Waals surface area contributed by atoms with Gasteiger partial charge in [0.15, 0.2) is 0 Å². The van der Waals surface area contributed by atoms with Crippen LogP contribution < -0.4 is 21.1 Å². The quantitative estimate of drug-likeness (QED) is 0.115. The Kier molecular flexibility index (Phi) is 10.3. The maximum absolute atomic E-state index is 13.6. The first-order chi connectivity index (χ1) is 20.1. The lowest BCUT2D eigenvalue weighted by atomic mass is 9.99. The van der Waals surface area contributed by atoms with Gasteiger partial charge in [0.2, 0.25) is 18.1 Å². The first kappa shape index (κ1) is 31.2. The van der Waals surface area contributed by atoms with E-state index in [1.54, 1.807) is 47.4 Å². The second kappa shape index (κ2) is 13.9. The number of nitrogen functional groups attached to an aromatic ring is 1. The van der Waals surface area contributed by atoms with Gasteiger partial charge in [-0.05, 0) is 25.2 Å². The number of carbonyl (C=O) groups excluding carboxylic acids is 2. The minimum Gasteiger partial charge on any atom is -0.462 e. The molecule has 2 saturated heterocycles. The third kappa shape index (κ3) is 7.34. The molecule has 2 amide bonds. The molecule has 9 N–H and O–H groups in total. The van der Waals surface area contributed by atoms with Crippen LogP contribution in [0.5, 0.6) is 5.75 Å². The number of para-hydroxylation sites is 1. The van der Waals surface area contributed by atoms with Crippen LogP contribution in [-0.2, 0) is 14.3 Å². The van der Waals surface area contributed by atoms with Gasteiger partial charge in [-0.2, -0.15) is 0 Å². The number of aliphatic hydroxyl groups is 4. The maximum Gasteiger partial charge on any atom is 0.247 e. The minimum atomic E-state index is -1.66. The minimum absolute atomic E-state index is 0.0996. The first-order valence-electron chi connectivity index (χ1n) is 13.6. The van der Waals surface area contributed by atoms with E-state index in [0.29, 0.717) is 29.9 Å². The van der Waals surface area contributed by atoms with Gasteiger partial charge in [0.05, 0.1) is 13.2 Å². The molecule has 2 heterocycles. The van der Waals surface area contributed by atoms with Gasteiger partial charge < -0.3 is 56.1 Å². The zero-order valence-corrected chi connectivity index (χ0v) is 23.2. The number of aliphatic hydroxyl groups excluding tert-OH is 4. The zero-order chi connectivity index (χ0) is 30.4. The number of carbonyl (C=O) groups is 2.